The molecule has 1 heterocycles. The second-order valence-electron chi connectivity index (χ2n) is 3.41. The fraction of sp³-hybridized carbons (Fsp3) is 0.0833. The number of pyridine rings is 1. The molecule has 0 amide bonds. The van der Waals surface area contributed by atoms with Gasteiger partial charge in [0.15, 0.2) is 5.75 Å². The van der Waals surface area contributed by atoms with Crippen LogP contribution < -0.4 is 10.5 Å². The summed E-state index contributed by atoms with van der Waals surface area (Å²) >= 11 is 3.36. The summed E-state index contributed by atoms with van der Waals surface area (Å²) in [4.78, 5) is 3.96. The summed E-state index contributed by atoms with van der Waals surface area (Å²) in [6.45, 7) is 1.99. The van der Waals surface area contributed by atoms with Crippen LogP contribution in [-0.2, 0) is 0 Å². The number of para-hydroxylation sites is 1. The van der Waals surface area contributed by atoms with Crippen molar-refractivity contribution in [1.29, 1.82) is 0 Å². The van der Waals surface area contributed by atoms with Gasteiger partial charge in [-0.05, 0) is 34.5 Å². The first kappa shape index (κ1) is 11.0. The van der Waals surface area contributed by atoms with E-state index in [2.05, 4.69) is 20.9 Å². The van der Waals surface area contributed by atoms with Gasteiger partial charge in [0, 0.05) is 6.20 Å². The molecule has 0 saturated carbocycles. The van der Waals surface area contributed by atoms with Gasteiger partial charge in [-0.3, -0.25) is 4.98 Å². The third-order valence-corrected chi connectivity index (χ3v) is 2.75. The summed E-state index contributed by atoms with van der Waals surface area (Å²) in [5.74, 6) is 1.39. The predicted octanol–water partition coefficient (Wildman–Crippen LogP) is 3.53. The van der Waals surface area contributed by atoms with Gasteiger partial charge in [0.25, 0.3) is 0 Å². The number of hydrogen-bond acceptors (Lipinski definition) is 3. The van der Waals surface area contributed by atoms with E-state index in [1.54, 1.807) is 12.4 Å². The Bertz CT molecular complexity index is 494. The van der Waals surface area contributed by atoms with E-state index in [1.807, 2.05) is 31.2 Å². The molecule has 0 radical (unpaired) electrons. The number of nitrogens with zero attached hydrogens (tertiary/aromatic N) is 1. The standard InChI is InChI=1S/C12H11BrN2O/c1-8-4-2-3-5-11(8)16-12-9(13)6-15-7-10(12)14/h2-7H,14H2,1H3. The summed E-state index contributed by atoms with van der Waals surface area (Å²) in [6.07, 6.45) is 3.22. The Morgan fingerprint density at radius 3 is 2.69 bits per heavy atom. The Morgan fingerprint density at radius 2 is 2.00 bits per heavy atom. The van der Waals surface area contributed by atoms with Crippen LogP contribution in [0.1, 0.15) is 5.56 Å². The normalized spacial score (nSPS) is 10.1. The minimum absolute atomic E-state index is 0.512. The average molecular weight is 279 g/mol. The topological polar surface area (TPSA) is 48.1 Å². The zero-order valence-corrected chi connectivity index (χ0v) is 10.4. The van der Waals surface area contributed by atoms with Gasteiger partial charge in [-0.1, -0.05) is 18.2 Å². The fourth-order valence-corrected chi connectivity index (χ4v) is 1.75. The molecule has 2 aromatic rings. The average Bonchev–Trinajstić information content (AvgIpc) is 2.26. The SMILES string of the molecule is Cc1ccccc1Oc1c(N)cncc1Br. The van der Waals surface area contributed by atoms with Gasteiger partial charge in [0.05, 0.1) is 16.4 Å². The van der Waals surface area contributed by atoms with E-state index in [9.17, 15) is 0 Å². The van der Waals surface area contributed by atoms with Crippen LogP contribution in [0.25, 0.3) is 0 Å². The van der Waals surface area contributed by atoms with Crippen molar-refractivity contribution in [2.45, 2.75) is 6.92 Å². The second-order valence-corrected chi connectivity index (χ2v) is 4.26. The van der Waals surface area contributed by atoms with Gasteiger partial charge in [-0.25, -0.2) is 0 Å². The molecule has 0 unspecified atom stereocenters. The van der Waals surface area contributed by atoms with Crippen molar-refractivity contribution in [3.05, 3.63) is 46.7 Å². The molecule has 0 aliphatic carbocycles. The summed E-state index contributed by atoms with van der Waals surface area (Å²) in [5.41, 5.74) is 7.37. The molecule has 1 aromatic heterocycles. The van der Waals surface area contributed by atoms with Crippen LogP contribution >= 0.6 is 15.9 Å². The highest BCUT2D eigenvalue weighted by Gasteiger charge is 2.08. The molecular formula is C12H11BrN2O. The number of anilines is 1. The predicted molar refractivity (Wildman–Crippen MR) is 67.6 cm³/mol. The van der Waals surface area contributed by atoms with E-state index in [0.717, 1.165) is 15.8 Å². The first-order chi connectivity index (χ1) is 7.68. The van der Waals surface area contributed by atoms with Crippen LogP contribution in [0, 0.1) is 6.92 Å². The summed E-state index contributed by atoms with van der Waals surface area (Å²) in [7, 11) is 0. The molecule has 0 atom stereocenters. The van der Waals surface area contributed by atoms with Gasteiger partial charge in [0.1, 0.15) is 5.75 Å². The van der Waals surface area contributed by atoms with Crippen molar-refractivity contribution in [3.8, 4) is 11.5 Å². The Labute approximate surface area is 102 Å². The maximum atomic E-state index is 5.80. The number of ether oxygens (including phenoxy) is 1. The van der Waals surface area contributed by atoms with Crippen molar-refractivity contribution in [2.75, 3.05) is 5.73 Å². The van der Waals surface area contributed by atoms with Crippen LogP contribution in [-0.4, -0.2) is 4.98 Å². The molecule has 0 aliphatic heterocycles. The molecule has 0 saturated heterocycles. The minimum atomic E-state index is 0.512. The largest absolute Gasteiger partial charge is 0.454 e. The monoisotopic (exact) mass is 278 g/mol. The number of aryl methyl sites for hydroxylation is 1. The molecule has 1 aromatic carbocycles. The van der Waals surface area contributed by atoms with Crippen molar-refractivity contribution < 1.29 is 4.74 Å². The molecule has 2 N–H and O–H groups in total. The van der Waals surface area contributed by atoms with E-state index in [4.69, 9.17) is 10.5 Å². The Balaban J connectivity index is 2.38. The molecule has 0 aliphatic rings. The lowest BCUT2D eigenvalue weighted by Gasteiger charge is -2.11. The van der Waals surface area contributed by atoms with Gasteiger partial charge in [-0.2, -0.15) is 0 Å². The number of halogens is 1. The van der Waals surface area contributed by atoms with E-state index >= 15 is 0 Å². The lowest BCUT2D eigenvalue weighted by Crippen LogP contribution is -1.95. The third-order valence-electron chi connectivity index (χ3n) is 2.19. The lowest BCUT2D eigenvalue weighted by molar-refractivity contribution is 0.477. The molecular weight excluding hydrogens is 268 g/mol. The molecule has 2 rings (SSSR count). The number of benzene rings is 1. The zero-order valence-electron chi connectivity index (χ0n) is 8.77. The lowest BCUT2D eigenvalue weighted by atomic mass is 10.2. The summed E-state index contributed by atoms with van der Waals surface area (Å²) in [6, 6.07) is 7.78. The summed E-state index contributed by atoms with van der Waals surface area (Å²) < 4.78 is 6.50. The van der Waals surface area contributed by atoms with Gasteiger partial charge >= 0.3 is 0 Å². The number of nitrogen functional groups attached to an aromatic ring is 1. The van der Waals surface area contributed by atoms with Crippen molar-refractivity contribution in [2.24, 2.45) is 0 Å². The van der Waals surface area contributed by atoms with Crippen molar-refractivity contribution in [3.63, 3.8) is 0 Å². The molecule has 0 fully saturated rings. The van der Waals surface area contributed by atoms with Crippen LogP contribution in [0.3, 0.4) is 0 Å². The van der Waals surface area contributed by atoms with Gasteiger partial charge < -0.3 is 10.5 Å². The summed E-state index contributed by atoms with van der Waals surface area (Å²) in [5, 5.41) is 0. The molecule has 3 nitrogen and oxygen atoms in total. The quantitative estimate of drug-likeness (QED) is 0.914. The van der Waals surface area contributed by atoms with Gasteiger partial charge in [0.2, 0.25) is 0 Å². The zero-order chi connectivity index (χ0) is 11.5. The number of hydrogen-bond donors (Lipinski definition) is 1. The third kappa shape index (κ3) is 2.17. The van der Waals surface area contributed by atoms with Crippen LogP contribution in [0.2, 0.25) is 0 Å². The number of rotatable bonds is 2. The molecule has 0 bridgehead atoms. The van der Waals surface area contributed by atoms with Crippen LogP contribution in [0.4, 0.5) is 5.69 Å². The van der Waals surface area contributed by atoms with Crippen molar-refractivity contribution in [1.82, 2.24) is 4.98 Å². The fourth-order valence-electron chi connectivity index (χ4n) is 1.33. The minimum Gasteiger partial charge on any atom is -0.454 e. The second kappa shape index (κ2) is 4.53. The number of aromatic nitrogens is 1. The Hall–Kier alpha value is -1.55. The van der Waals surface area contributed by atoms with E-state index in [-0.39, 0.29) is 0 Å². The number of nitrogens with two attached hydrogens (primary N) is 1. The van der Waals surface area contributed by atoms with E-state index in [0.29, 0.717) is 11.4 Å². The first-order valence-electron chi connectivity index (χ1n) is 4.81. The molecule has 4 heteroatoms. The molecule has 16 heavy (non-hydrogen) atoms. The highest BCUT2D eigenvalue weighted by Crippen LogP contribution is 2.34. The highest BCUT2D eigenvalue weighted by molar-refractivity contribution is 9.10. The van der Waals surface area contributed by atoms with Crippen LogP contribution in [0.5, 0.6) is 11.5 Å². The maximum Gasteiger partial charge on any atom is 0.167 e. The first-order valence-corrected chi connectivity index (χ1v) is 5.60. The maximum absolute atomic E-state index is 5.80. The van der Waals surface area contributed by atoms with Crippen LogP contribution in [0.15, 0.2) is 41.1 Å². The van der Waals surface area contributed by atoms with E-state index < -0.39 is 0 Å². The van der Waals surface area contributed by atoms with Crippen molar-refractivity contribution >= 4 is 21.6 Å². The molecule has 0 spiro atoms. The highest BCUT2D eigenvalue weighted by atomic mass is 79.9. The van der Waals surface area contributed by atoms with E-state index in [1.165, 1.54) is 0 Å². The Kier molecular flexibility index (Phi) is 3.10. The van der Waals surface area contributed by atoms with Gasteiger partial charge in [-0.15, -0.1) is 0 Å². The molecule has 82 valence electrons. The smallest absolute Gasteiger partial charge is 0.167 e. The Morgan fingerprint density at radius 1 is 1.25 bits per heavy atom.